The maximum absolute atomic E-state index is 11.6. The molecule has 3 N–H and O–H groups in total. The van der Waals surface area contributed by atoms with Gasteiger partial charge in [-0.2, -0.15) is 0 Å². The number of benzene rings is 1. The summed E-state index contributed by atoms with van der Waals surface area (Å²) in [5.74, 6) is -0.0722. The Kier molecular flexibility index (Phi) is 3.99. The van der Waals surface area contributed by atoms with Crippen LogP contribution in [-0.2, 0) is 9.53 Å². The maximum atomic E-state index is 11.6. The summed E-state index contributed by atoms with van der Waals surface area (Å²) in [6.07, 6.45) is 5.39. The molecule has 1 aliphatic rings. The predicted octanol–water partition coefficient (Wildman–Crippen LogP) is 1.58. The van der Waals surface area contributed by atoms with Gasteiger partial charge >= 0.3 is 0 Å². The van der Waals surface area contributed by atoms with E-state index < -0.39 is 0 Å². The molecule has 0 radical (unpaired) electrons. The van der Waals surface area contributed by atoms with Crippen molar-refractivity contribution in [2.75, 3.05) is 12.8 Å². The fourth-order valence-electron chi connectivity index (χ4n) is 1.96. The minimum Gasteiger partial charge on any atom is -0.399 e. The molecule has 0 saturated heterocycles. The van der Waals surface area contributed by atoms with E-state index in [9.17, 15) is 4.79 Å². The third kappa shape index (κ3) is 3.34. The van der Waals surface area contributed by atoms with E-state index in [1.54, 1.807) is 13.2 Å². The Bertz CT molecular complexity index is 451. The van der Waals surface area contributed by atoms with Crippen LogP contribution in [0.15, 0.2) is 30.3 Å². The molecule has 1 aromatic carbocycles. The largest absolute Gasteiger partial charge is 0.399 e. The van der Waals surface area contributed by atoms with Crippen LogP contribution in [0.25, 0.3) is 6.08 Å². The van der Waals surface area contributed by atoms with Gasteiger partial charge in [-0.15, -0.1) is 0 Å². The lowest BCUT2D eigenvalue weighted by atomic mass is 9.89. The molecule has 18 heavy (non-hydrogen) atoms. The zero-order valence-electron chi connectivity index (χ0n) is 10.4. The predicted molar refractivity (Wildman–Crippen MR) is 71.9 cm³/mol. The van der Waals surface area contributed by atoms with Crippen LogP contribution >= 0.6 is 0 Å². The van der Waals surface area contributed by atoms with E-state index in [0.717, 1.165) is 18.4 Å². The Morgan fingerprint density at radius 1 is 1.50 bits per heavy atom. The Hall–Kier alpha value is -1.81. The number of carbonyl (C=O) groups excluding carboxylic acids is 1. The van der Waals surface area contributed by atoms with Crippen molar-refractivity contribution in [2.45, 2.75) is 25.0 Å². The average Bonchev–Trinajstić information content (AvgIpc) is 2.31. The maximum Gasteiger partial charge on any atom is 0.244 e. The summed E-state index contributed by atoms with van der Waals surface area (Å²) in [6, 6.07) is 7.66. The second-order valence-electron chi connectivity index (χ2n) is 4.54. The van der Waals surface area contributed by atoms with Gasteiger partial charge in [0.05, 0.1) is 6.10 Å². The molecule has 0 aromatic heterocycles. The van der Waals surface area contributed by atoms with Crippen LogP contribution in [0.1, 0.15) is 18.4 Å². The molecular weight excluding hydrogens is 228 g/mol. The molecule has 2 rings (SSSR count). The quantitative estimate of drug-likeness (QED) is 0.626. The first kappa shape index (κ1) is 12.6. The number of anilines is 1. The molecule has 1 aromatic rings. The van der Waals surface area contributed by atoms with E-state index in [4.69, 9.17) is 10.5 Å². The summed E-state index contributed by atoms with van der Waals surface area (Å²) in [5.41, 5.74) is 7.28. The van der Waals surface area contributed by atoms with Crippen LogP contribution in [0.2, 0.25) is 0 Å². The van der Waals surface area contributed by atoms with Crippen LogP contribution < -0.4 is 11.1 Å². The van der Waals surface area contributed by atoms with Crippen molar-refractivity contribution in [2.24, 2.45) is 0 Å². The molecule has 0 unspecified atom stereocenters. The van der Waals surface area contributed by atoms with Gasteiger partial charge < -0.3 is 15.8 Å². The minimum atomic E-state index is -0.0722. The van der Waals surface area contributed by atoms with Crippen LogP contribution in [-0.4, -0.2) is 25.2 Å². The SMILES string of the molecule is COC1CC(NC(=O)/C=C/c2cccc(N)c2)C1. The number of ether oxygens (including phenoxy) is 1. The van der Waals surface area contributed by atoms with Gasteiger partial charge in [0.15, 0.2) is 0 Å². The summed E-state index contributed by atoms with van der Waals surface area (Å²) in [5, 5.41) is 2.93. The van der Waals surface area contributed by atoms with Gasteiger partial charge in [0.2, 0.25) is 5.91 Å². The number of nitrogens with two attached hydrogens (primary N) is 1. The fraction of sp³-hybridized carbons (Fsp3) is 0.357. The first-order valence-electron chi connectivity index (χ1n) is 6.04. The number of hydrogen-bond donors (Lipinski definition) is 2. The van der Waals surface area contributed by atoms with E-state index in [1.165, 1.54) is 6.08 Å². The molecule has 0 bridgehead atoms. The van der Waals surface area contributed by atoms with Gasteiger partial charge in [-0.3, -0.25) is 4.79 Å². The number of nitrogen functional groups attached to an aromatic ring is 1. The third-order valence-electron chi connectivity index (χ3n) is 3.11. The highest BCUT2D eigenvalue weighted by Crippen LogP contribution is 2.22. The van der Waals surface area contributed by atoms with Crippen molar-refractivity contribution in [3.8, 4) is 0 Å². The molecule has 4 heteroatoms. The van der Waals surface area contributed by atoms with Gasteiger partial charge in [0.1, 0.15) is 0 Å². The molecule has 1 aliphatic carbocycles. The second-order valence-corrected chi connectivity index (χ2v) is 4.54. The Balaban J connectivity index is 1.81. The number of methoxy groups -OCH3 is 1. The monoisotopic (exact) mass is 246 g/mol. The average molecular weight is 246 g/mol. The van der Waals surface area contributed by atoms with E-state index in [0.29, 0.717) is 11.8 Å². The molecular formula is C14H18N2O2. The number of amides is 1. The van der Waals surface area contributed by atoms with Crippen molar-refractivity contribution < 1.29 is 9.53 Å². The molecule has 1 saturated carbocycles. The Morgan fingerprint density at radius 2 is 2.28 bits per heavy atom. The van der Waals surface area contributed by atoms with Crippen LogP contribution in [0.4, 0.5) is 5.69 Å². The molecule has 1 fully saturated rings. The Morgan fingerprint density at radius 3 is 2.94 bits per heavy atom. The number of carbonyl (C=O) groups is 1. The fourth-order valence-corrected chi connectivity index (χ4v) is 1.96. The summed E-state index contributed by atoms with van der Waals surface area (Å²) >= 11 is 0. The van der Waals surface area contributed by atoms with Crippen molar-refractivity contribution in [1.82, 2.24) is 5.32 Å². The van der Waals surface area contributed by atoms with Crippen LogP contribution in [0, 0.1) is 0 Å². The zero-order valence-corrected chi connectivity index (χ0v) is 10.4. The van der Waals surface area contributed by atoms with Gasteiger partial charge in [-0.1, -0.05) is 12.1 Å². The second kappa shape index (κ2) is 5.69. The lowest BCUT2D eigenvalue weighted by molar-refractivity contribution is -0.118. The van der Waals surface area contributed by atoms with Crippen molar-refractivity contribution in [3.63, 3.8) is 0 Å². The smallest absolute Gasteiger partial charge is 0.244 e. The van der Waals surface area contributed by atoms with Gasteiger partial charge in [0, 0.05) is 24.9 Å². The van der Waals surface area contributed by atoms with E-state index >= 15 is 0 Å². The van der Waals surface area contributed by atoms with Crippen LogP contribution in [0.3, 0.4) is 0 Å². The third-order valence-corrected chi connectivity index (χ3v) is 3.11. The molecule has 0 heterocycles. The molecule has 0 spiro atoms. The number of nitrogens with one attached hydrogen (secondary N) is 1. The van der Waals surface area contributed by atoms with E-state index in [-0.39, 0.29) is 11.9 Å². The highest BCUT2D eigenvalue weighted by atomic mass is 16.5. The number of rotatable bonds is 4. The first-order chi connectivity index (χ1) is 8.67. The normalized spacial score (nSPS) is 22.7. The van der Waals surface area contributed by atoms with Gasteiger partial charge in [-0.05, 0) is 36.6 Å². The standard InChI is InChI=1S/C14H18N2O2/c1-18-13-8-12(9-13)16-14(17)6-5-10-3-2-4-11(15)7-10/h2-7,12-13H,8-9,15H2,1H3,(H,16,17)/b6-5+. The van der Waals surface area contributed by atoms with Crippen LogP contribution in [0.5, 0.6) is 0 Å². The molecule has 96 valence electrons. The first-order valence-corrected chi connectivity index (χ1v) is 6.04. The van der Waals surface area contributed by atoms with Crippen molar-refractivity contribution in [1.29, 1.82) is 0 Å². The van der Waals surface area contributed by atoms with Crippen molar-refractivity contribution >= 4 is 17.7 Å². The summed E-state index contributed by atoms with van der Waals surface area (Å²) < 4.78 is 5.16. The molecule has 1 amide bonds. The van der Waals surface area contributed by atoms with Gasteiger partial charge in [-0.25, -0.2) is 0 Å². The highest BCUT2D eigenvalue weighted by molar-refractivity contribution is 5.92. The summed E-state index contributed by atoms with van der Waals surface area (Å²) in [4.78, 5) is 11.6. The molecule has 0 aliphatic heterocycles. The molecule has 4 nitrogen and oxygen atoms in total. The Labute approximate surface area is 107 Å². The lowest BCUT2D eigenvalue weighted by Gasteiger charge is -2.34. The van der Waals surface area contributed by atoms with Gasteiger partial charge in [0.25, 0.3) is 0 Å². The summed E-state index contributed by atoms with van der Waals surface area (Å²) in [7, 11) is 1.70. The number of hydrogen-bond acceptors (Lipinski definition) is 3. The lowest BCUT2D eigenvalue weighted by Crippen LogP contribution is -2.46. The van der Waals surface area contributed by atoms with Crippen molar-refractivity contribution in [3.05, 3.63) is 35.9 Å². The van der Waals surface area contributed by atoms with E-state index in [2.05, 4.69) is 5.32 Å². The minimum absolute atomic E-state index is 0.0722. The topological polar surface area (TPSA) is 64.3 Å². The highest BCUT2D eigenvalue weighted by Gasteiger charge is 2.29. The van der Waals surface area contributed by atoms with E-state index in [1.807, 2.05) is 24.3 Å². The molecule has 0 atom stereocenters. The zero-order chi connectivity index (χ0) is 13.0. The summed E-state index contributed by atoms with van der Waals surface area (Å²) in [6.45, 7) is 0.